The lowest BCUT2D eigenvalue weighted by Crippen LogP contribution is -2.12. The highest BCUT2D eigenvalue weighted by Gasteiger charge is 2.26. The molecule has 16 heavy (non-hydrogen) atoms. The predicted octanol–water partition coefficient (Wildman–Crippen LogP) is 0.385. The summed E-state index contributed by atoms with van der Waals surface area (Å²) in [6.07, 6.45) is 0. The number of ether oxygens (including phenoxy) is 1. The Kier molecular flexibility index (Phi) is 3.28. The summed E-state index contributed by atoms with van der Waals surface area (Å²) >= 11 is 0. The topological polar surface area (TPSA) is 67.4 Å². The van der Waals surface area contributed by atoms with Crippen molar-refractivity contribution in [3.63, 3.8) is 0 Å². The number of para-hydroxylation sites is 1. The smallest absolute Gasteiger partial charge is 0.296 e. The van der Waals surface area contributed by atoms with E-state index in [1.54, 1.807) is 24.3 Å². The van der Waals surface area contributed by atoms with Crippen molar-refractivity contribution in [2.45, 2.75) is 0 Å². The van der Waals surface area contributed by atoms with E-state index in [0.29, 0.717) is 11.3 Å². The number of carbonyl (C=O) groups excluding carboxylic acids is 2. The first-order valence-corrected chi connectivity index (χ1v) is 5.02. The van der Waals surface area contributed by atoms with Gasteiger partial charge in [-0.3, -0.25) is 14.9 Å². The van der Waals surface area contributed by atoms with Gasteiger partial charge in [-0.05, 0) is 12.1 Å². The molecule has 0 saturated carbocycles. The van der Waals surface area contributed by atoms with Gasteiger partial charge in [-0.25, -0.2) is 0 Å². The Balaban J connectivity index is 0.000000162. The molecule has 0 atom stereocenters. The maximum Gasteiger partial charge on any atom is 0.296 e. The lowest BCUT2D eigenvalue weighted by atomic mass is 10.1. The van der Waals surface area contributed by atoms with E-state index in [1.165, 1.54) is 0 Å². The van der Waals surface area contributed by atoms with Gasteiger partial charge in [0.15, 0.2) is 0 Å². The maximum atomic E-state index is 11.0. The second kappa shape index (κ2) is 4.87. The van der Waals surface area contributed by atoms with E-state index in [9.17, 15) is 9.59 Å². The standard InChI is InChI=1S/C8H5NO2.C3H7NO/c10-7-5-3-1-2-4-6(5)9-8(7)11;1-2-5-3-4-1/h1-4H,(H,9,10,11);4H,1-3H2. The molecule has 2 aliphatic heterocycles. The number of hydrogen-bond donors (Lipinski definition) is 2. The Hall–Kier alpha value is -1.72. The van der Waals surface area contributed by atoms with Gasteiger partial charge in [-0.15, -0.1) is 0 Å². The number of hydrogen-bond acceptors (Lipinski definition) is 4. The third kappa shape index (κ3) is 2.26. The fourth-order valence-electron chi connectivity index (χ4n) is 1.45. The number of anilines is 1. The van der Waals surface area contributed by atoms with Crippen LogP contribution in [0.3, 0.4) is 0 Å². The molecule has 2 heterocycles. The second-order valence-electron chi connectivity index (χ2n) is 3.38. The van der Waals surface area contributed by atoms with Crippen molar-refractivity contribution in [2.24, 2.45) is 0 Å². The van der Waals surface area contributed by atoms with Crippen molar-refractivity contribution in [1.29, 1.82) is 0 Å². The SMILES string of the molecule is C1COCN1.O=C1Nc2ccccc2C1=O. The van der Waals surface area contributed by atoms with Crippen LogP contribution in [0.5, 0.6) is 0 Å². The molecule has 5 heteroatoms. The quantitative estimate of drug-likeness (QED) is 0.620. The molecular formula is C11H12N2O3. The van der Waals surface area contributed by atoms with Gasteiger partial charge >= 0.3 is 0 Å². The molecule has 1 saturated heterocycles. The van der Waals surface area contributed by atoms with Gasteiger partial charge < -0.3 is 10.1 Å². The van der Waals surface area contributed by atoms with Crippen molar-refractivity contribution < 1.29 is 14.3 Å². The Morgan fingerprint density at radius 3 is 2.56 bits per heavy atom. The first-order chi connectivity index (χ1) is 7.79. The molecule has 1 amide bonds. The molecule has 0 spiro atoms. The van der Waals surface area contributed by atoms with Crippen LogP contribution in [0, 0.1) is 0 Å². The van der Waals surface area contributed by atoms with Gasteiger partial charge in [0.25, 0.3) is 11.7 Å². The van der Waals surface area contributed by atoms with Crippen LogP contribution in [0.25, 0.3) is 0 Å². The van der Waals surface area contributed by atoms with Crippen LogP contribution in [0.4, 0.5) is 5.69 Å². The van der Waals surface area contributed by atoms with Crippen LogP contribution in [-0.2, 0) is 9.53 Å². The Bertz CT molecular complexity index is 406. The molecule has 3 rings (SSSR count). The number of carbonyl (C=O) groups is 2. The highest BCUT2D eigenvalue weighted by Crippen LogP contribution is 2.21. The Labute approximate surface area is 92.8 Å². The monoisotopic (exact) mass is 220 g/mol. The number of ketones is 1. The van der Waals surface area contributed by atoms with E-state index in [2.05, 4.69) is 10.6 Å². The Morgan fingerprint density at radius 2 is 2.00 bits per heavy atom. The van der Waals surface area contributed by atoms with Crippen molar-refractivity contribution in [1.82, 2.24) is 5.32 Å². The number of Topliss-reactive ketones (excluding diaryl/α,β-unsaturated/α-hetero) is 1. The first kappa shape index (κ1) is 10.8. The van der Waals surface area contributed by atoms with Crippen molar-refractivity contribution >= 4 is 17.4 Å². The zero-order valence-corrected chi connectivity index (χ0v) is 8.66. The molecule has 1 aromatic rings. The van der Waals surface area contributed by atoms with Gasteiger partial charge in [0.2, 0.25) is 0 Å². The van der Waals surface area contributed by atoms with E-state index in [0.717, 1.165) is 19.9 Å². The average molecular weight is 220 g/mol. The van der Waals surface area contributed by atoms with Crippen molar-refractivity contribution in [3.8, 4) is 0 Å². The van der Waals surface area contributed by atoms with Crippen molar-refractivity contribution in [3.05, 3.63) is 29.8 Å². The largest absolute Gasteiger partial charge is 0.365 e. The molecule has 5 nitrogen and oxygen atoms in total. The summed E-state index contributed by atoms with van der Waals surface area (Å²) in [5.74, 6) is -0.980. The summed E-state index contributed by atoms with van der Waals surface area (Å²) < 4.78 is 4.83. The number of rotatable bonds is 0. The Morgan fingerprint density at radius 1 is 1.19 bits per heavy atom. The van der Waals surface area contributed by atoms with Crippen LogP contribution in [0.2, 0.25) is 0 Å². The lowest BCUT2D eigenvalue weighted by molar-refractivity contribution is -0.112. The van der Waals surface area contributed by atoms with Crippen LogP contribution in [0.15, 0.2) is 24.3 Å². The number of nitrogens with one attached hydrogen (secondary N) is 2. The van der Waals surface area contributed by atoms with Gasteiger partial charge in [0, 0.05) is 6.54 Å². The fraction of sp³-hybridized carbons (Fsp3) is 0.273. The molecule has 0 aliphatic carbocycles. The highest BCUT2D eigenvalue weighted by molar-refractivity contribution is 6.51. The fourth-order valence-corrected chi connectivity index (χ4v) is 1.45. The van der Waals surface area contributed by atoms with E-state index in [-0.39, 0.29) is 0 Å². The zero-order chi connectivity index (χ0) is 11.4. The molecule has 84 valence electrons. The number of benzene rings is 1. The van der Waals surface area contributed by atoms with E-state index in [4.69, 9.17) is 4.74 Å². The minimum Gasteiger partial charge on any atom is -0.365 e. The predicted molar refractivity (Wildman–Crippen MR) is 58.2 cm³/mol. The second-order valence-corrected chi connectivity index (χ2v) is 3.38. The molecule has 1 aromatic carbocycles. The van der Waals surface area contributed by atoms with Gasteiger partial charge in [0.05, 0.1) is 24.6 Å². The molecule has 0 aromatic heterocycles. The zero-order valence-electron chi connectivity index (χ0n) is 8.66. The molecule has 1 fully saturated rings. The maximum absolute atomic E-state index is 11.0. The average Bonchev–Trinajstić information content (AvgIpc) is 2.93. The van der Waals surface area contributed by atoms with Gasteiger partial charge in [0.1, 0.15) is 0 Å². The van der Waals surface area contributed by atoms with E-state index < -0.39 is 11.7 Å². The molecular weight excluding hydrogens is 208 g/mol. The lowest BCUT2D eigenvalue weighted by Gasteiger charge is -1.91. The van der Waals surface area contributed by atoms with Crippen molar-refractivity contribution in [2.75, 3.05) is 25.2 Å². The van der Waals surface area contributed by atoms with Crippen LogP contribution in [-0.4, -0.2) is 31.6 Å². The summed E-state index contributed by atoms with van der Waals surface area (Å²) in [7, 11) is 0. The van der Waals surface area contributed by atoms with Crippen LogP contribution in [0.1, 0.15) is 10.4 Å². The minimum atomic E-state index is -0.536. The van der Waals surface area contributed by atoms with Gasteiger partial charge in [-0.1, -0.05) is 12.1 Å². The van der Waals surface area contributed by atoms with E-state index in [1.807, 2.05) is 0 Å². The van der Waals surface area contributed by atoms with E-state index >= 15 is 0 Å². The third-order valence-corrected chi connectivity index (χ3v) is 2.25. The number of amides is 1. The summed E-state index contributed by atoms with van der Waals surface area (Å²) in [6, 6.07) is 6.85. The normalized spacial score (nSPS) is 17.5. The highest BCUT2D eigenvalue weighted by atomic mass is 16.5. The third-order valence-electron chi connectivity index (χ3n) is 2.25. The number of fused-ring (bicyclic) bond motifs is 1. The molecule has 0 bridgehead atoms. The molecule has 2 aliphatic rings. The molecule has 0 unspecified atom stereocenters. The molecule has 0 radical (unpaired) electrons. The molecule has 2 N–H and O–H groups in total. The summed E-state index contributed by atoms with van der Waals surface area (Å²) in [4.78, 5) is 21.8. The summed E-state index contributed by atoms with van der Waals surface area (Å²) in [5, 5.41) is 5.46. The van der Waals surface area contributed by atoms with Crippen LogP contribution < -0.4 is 10.6 Å². The summed E-state index contributed by atoms with van der Waals surface area (Å²) in [6.45, 7) is 2.67. The first-order valence-electron chi connectivity index (χ1n) is 5.02. The minimum absolute atomic E-state index is 0.444. The summed E-state index contributed by atoms with van der Waals surface area (Å²) in [5.41, 5.74) is 1.08. The van der Waals surface area contributed by atoms with Crippen LogP contribution >= 0.6 is 0 Å². The van der Waals surface area contributed by atoms with Gasteiger partial charge in [-0.2, -0.15) is 0 Å².